The maximum absolute atomic E-state index is 9.41. The van der Waals surface area contributed by atoms with Gasteiger partial charge >= 0.3 is 24.8 Å². The van der Waals surface area contributed by atoms with Crippen molar-refractivity contribution in [3.63, 3.8) is 0 Å². The zero-order valence-corrected chi connectivity index (χ0v) is 17.9. The predicted molar refractivity (Wildman–Crippen MR) is 100 cm³/mol. The van der Waals surface area contributed by atoms with Crippen LogP contribution in [0.4, 0.5) is 0 Å². The van der Waals surface area contributed by atoms with Gasteiger partial charge in [-0.25, -0.2) is 5.57 Å². The summed E-state index contributed by atoms with van der Waals surface area (Å²) in [5, 5.41) is 9.41. The van der Waals surface area contributed by atoms with E-state index in [1.807, 2.05) is 6.07 Å². The van der Waals surface area contributed by atoms with Crippen LogP contribution in [0.25, 0.3) is 0 Å². The average molecular weight is 363 g/mol. The Kier molecular flexibility index (Phi) is 9.54. The summed E-state index contributed by atoms with van der Waals surface area (Å²) in [6, 6.07) is 5.32. The normalized spacial score (nSPS) is 16.6. The Morgan fingerprint density at radius 1 is 1.12 bits per heavy atom. The van der Waals surface area contributed by atoms with Gasteiger partial charge in [0.15, 0.2) is 0 Å². The molecule has 24 heavy (non-hydrogen) atoms. The number of methoxy groups -OCH3 is 1. The number of hydrogen-bond donors (Lipinski definition) is 1. The Morgan fingerprint density at radius 2 is 1.67 bits per heavy atom. The van der Waals surface area contributed by atoms with E-state index in [-0.39, 0.29) is 11.2 Å². The van der Waals surface area contributed by atoms with E-state index < -0.39 is 0 Å². The van der Waals surface area contributed by atoms with E-state index in [4.69, 9.17) is 4.74 Å². The Bertz CT molecular complexity index is 607. The van der Waals surface area contributed by atoms with Crippen LogP contribution in [0.2, 0.25) is 0 Å². The molecule has 1 atom stereocenters. The second-order valence-electron chi connectivity index (χ2n) is 6.97. The summed E-state index contributed by atoms with van der Waals surface area (Å²) >= 11 is 1.75. The van der Waals surface area contributed by atoms with Crippen LogP contribution in [0.5, 0.6) is 11.5 Å². The van der Waals surface area contributed by atoms with Crippen LogP contribution in [-0.2, 0) is 25.4 Å². The molecule has 0 aliphatic heterocycles. The third-order valence-corrected chi connectivity index (χ3v) is 4.23. The Labute approximate surface area is 159 Å². The van der Waals surface area contributed by atoms with Crippen LogP contribution in [0.3, 0.4) is 0 Å². The first-order valence-electron chi connectivity index (χ1n) is 8.08. The molecule has 1 N–H and O–H groups in total. The van der Waals surface area contributed by atoms with Gasteiger partial charge in [0.2, 0.25) is 0 Å². The third-order valence-electron chi connectivity index (χ3n) is 4.23. The van der Waals surface area contributed by atoms with E-state index in [0.717, 1.165) is 5.56 Å². The quantitative estimate of drug-likeness (QED) is 0.536. The van der Waals surface area contributed by atoms with Crippen LogP contribution < -0.4 is 4.74 Å². The number of phenolic OH excluding ortho intramolecular Hbond substituents is 1. The van der Waals surface area contributed by atoms with Crippen LogP contribution in [0.15, 0.2) is 34.9 Å². The van der Waals surface area contributed by atoms with Gasteiger partial charge in [0.25, 0.3) is 0 Å². The van der Waals surface area contributed by atoms with E-state index in [0.29, 0.717) is 11.7 Å². The van der Waals surface area contributed by atoms with Crippen LogP contribution >= 0.6 is 0 Å². The molecule has 0 spiro atoms. The maximum atomic E-state index is 9.41. The van der Waals surface area contributed by atoms with Gasteiger partial charge in [-0.3, -0.25) is 6.08 Å². The molecule has 1 unspecified atom stereocenters. The molecule has 131 valence electrons. The zero-order valence-electron chi connectivity index (χ0n) is 16.4. The summed E-state index contributed by atoms with van der Waals surface area (Å²) in [6.45, 7) is 15.0. The molecular formula is C21H31O2Ti. The predicted octanol–water partition coefficient (Wildman–Crippen LogP) is 5.39. The van der Waals surface area contributed by atoms with E-state index >= 15 is 0 Å². The second kappa shape index (κ2) is 10.0. The van der Waals surface area contributed by atoms with E-state index in [2.05, 4.69) is 59.4 Å². The van der Waals surface area contributed by atoms with Crippen molar-refractivity contribution in [1.82, 2.24) is 0 Å². The minimum absolute atomic E-state index is 0.0338. The van der Waals surface area contributed by atoms with Crippen molar-refractivity contribution in [3.8, 4) is 11.5 Å². The zero-order chi connectivity index (χ0) is 19.1. The summed E-state index contributed by atoms with van der Waals surface area (Å²) < 4.78 is 5.07. The Hall–Kier alpha value is -1.12. The minimum atomic E-state index is 0.0338. The molecule has 0 heterocycles. The van der Waals surface area contributed by atoms with Crippen LogP contribution in [-0.4, -0.2) is 17.0 Å². The van der Waals surface area contributed by atoms with Gasteiger partial charge in [0.1, 0.15) is 11.5 Å². The molecule has 2 rings (SSSR count). The molecule has 0 saturated heterocycles. The SMILES string of the molecule is CC1=[C-]C(C)C(C)=C1C.COc1cc(O)cc(C(C)(C)C)c1.[CH2]=[Ti+]. The summed E-state index contributed by atoms with van der Waals surface area (Å²) in [7, 11) is 1.60. The first-order valence-corrected chi connectivity index (χ1v) is 9.18. The Morgan fingerprint density at radius 3 is 1.96 bits per heavy atom. The monoisotopic (exact) mass is 363 g/mol. The van der Waals surface area contributed by atoms with Crippen molar-refractivity contribution < 1.29 is 29.8 Å². The molecule has 2 nitrogen and oxygen atoms in total. The van der Waals surface area contributed by atoms with Crippen molar-refractivity contribution in [2.24, 2.45) is 5.92 Å². The number of hydrogen-bond acceptors (Lipinski definition) is 2. The number of ether oxygens (including phenoxy) is 1. The number of benzene rings is 1. The molecule has 1 aliphatic carbocycles. The molecule has 0 bridgehead atoms. The first kappa shape index (κ1) is 22.9. The van der Waals surface area contributed by atoms with Gasteiger partial charge in [-0.15, -0.1) is 6.92 Å². The van der Waals surface area contributed by atoms with Crippen LogP contribution in [0, 0.1) is 12.0 Å². The summed E-state index contributed by atoms with van der Waals surface area (Å²) in [5.74, 6) is 1.51. The number of allylic oxidation sites excluding steroid dienone is 4. The molecule has 1 aromatic carbocycles. The molecule has 1 aromatic rings. The standard InChI is InChI=1S/C11H16O2.C9H13.CH2.Ti/c1-11(2,3)8-5-9(12)7-10(6-8)13-4;1-6-5-7(2)9(4)8(6)3;;/h5-7,12H,1-4H3;6H,1-4H3;1H2;/q;-1;;+1. The molecule has 0 aromatic heterocycles. The number of aromatic hydroxyl groups is 1. The second-order valence-corrected chi connectivity index (χ2v) is 6.97. The van der Waals surface area contributed by atoms with E-state index in [9.17, 15) is 5.11 Å². The molecule has 3 heteroatoms. The van der Waals surface area contributed by atoms with E-state index in [1.54, 1.807) is 39.2 Å². The van der Waals surface area contributed by atoms with Gasteiger partial charge in [-0.1, -0.05) is 47.5 Å². The van der Waals surface area contributed by atoms with Gasteiger partial charge in [-0.05, 0) is 23.1 Å². The average Bonchev–Trinajstić information content (AvgIpc) is 2.74. The van der Waals surface area contributed by atoms with Crippen molar-refractivity contribution in [1.29, 1.82) is 0 Å². The summed E-state index contributed by atoms with van der Waals surface area (Å²) in [5.41, 5.74) is 5.35. The molecule has 0 saturated carbocycles. The van der Waals surface area contributed by atoms with Gasteiger partial charge in [0, 0.05) is 6.07 Å². The van der Waals surface area contributed by atoms with E-state index in [1.165, 1.54) is 16.7 Å². The molecule has 0 amide bonds. The molecule has 1 aliphatic rings. The topological polar surface area (TPSA) is 29.5 Å². The fourth-order valence-corrected chi connectivity index (χ4v) is 2.30. The van der Waals surface area contributed by atoms with Crippen LogP contribution in [0.1, 0.15) is 54.0 Å². The molecule has 0 radical (unpaired) electrons. The summed E-state index contributed by atoms with van der Waals surface area (Å²) in [4.78, 5) is 3.25. The van der Waals surface area contributed by atoms with Gasteiger partial charge < -0.3 is 9.84 Å². The first-order chi connectivity index (χ1) is 11.1. The van der Waals surface area contributed by atoms with Crippen molar-refractivity contribution >= 4 is 4.82 Å². The molecular weight excluding hydrogens is 332 g/mol. The van der Waals surface area contributed by atoms with Crippen molar-refractivity contribution in [3.05, 3.63) is 46.6 Å². The summed E-state index contributed by atoms with van der Waals surface area (Å²) in [6.07, 6.45) is 3.36. The van der Waals surface area contributed by atoms with Gasteiger partial charge in [-0.2, -0.15) is 11.1 Å². The Balaban J connectivity index is 0.000000420. The van der Waals surface area contributed by atoms with Crippen molar-refractivity contribution in [2.45, 2.75) is 53.9 Å². The molecule has 0 fully saturated rings. The fourth-order valence-electron chi connectivity index (χ4n) is 2.30. The van der Waals surface area contributed by atoms with Crippen molar-refractivity contribution in [2.75, 3.05) is 7.11 Å². The number of rotatable bonds is 1. The third kappa shape index (κ3) is 6.79. The fraction of sp³-hybridized carbons (Fsp3) is 0.476. The van der Waals surface area contributed by atoms with Gasteiger partial charge in [0.05, 0.1) is 7.11 Å². The number of phenols is 1.